The number of hydrogen-bond donors (Lipinski definition) is 1. The summed E-state index contributed by atoms with van der Waals surface area (Å²) >= 11 is 0. The predicted molar refractivity (Wildman–Crippen MR) is 70.9 cm³/mol. The van der Waals surface area contributed by atoms with Gasteiger partial charge in [0.2, 0.25) is 10.0 Å². The number of nitrogens with two attached hydrogens (primary N) is 1. The number of benzene rings is 1. The first-order valence-corrected chi connectivity index (χ1v) is 7.88. The molecule has 3 atom stereocenters. The lowest BCUT2D eigenvalue weighted by Crippen LogP contribution is -2.31. The van der Waals surface area contributed by atoms with Gasteiger partial charge in [0.05, 0.1) is 17.1 Å². The van der Waals surface area contributed by atoms with Crippen molar-refractivity contribution < 1.29 is 17.9 Å². The first-order chi connectivity index (χ1) is 8.90. The third-order valence-corrected chi connectivity index (χ3v) is 4.13. The minimum atomic E-state index is -3.66. The zero-order valence-corrected chi connectivity index (χ0v) is 11.9. The Morgan fingerprint density at radius 3 is 2.42 bits per heavy atom. The lowest BCUT2D eigenvalue weighted by atomic mass is 10.1. The van der Waals surface area contributed by atoms with Gasteiger partial charge in [0, 0.05) is 5.56 Å². The van der Waals surface area contributed by atoms with Gasteiger partial charge in [-0.2, -0.15) is 0 Å². The largest absolute Gasteiger partial charge is 0.345 e. The van der Waals surface area contributed by atoms with Gasteiger partial charge in [0.1, 0.15) is 0 Å². The van der Waals surface area contributed by atoms with Crippen molar-refractivity contribution >= 4 is 10.0 Å². The highest BCUT2D eigenvalue weighted by molar-refractivity contribution is 7.89. The average Bonchev–Trinajstić information content (AvgIpc) is 2.37. The Labute approximate surface area is 113 Å². The van der Waals surface area contributed by atoms with Crippen molar-refractivity contribution in [3.63, 3.8) is 0 Å². The third-order valence-electron chi connectivity index (χ3n) is 3.20. The maximum absolute atomic E-state index is 11.2. The zero-order valence-electron chi connectivity index (χ0n) is 11.1. The third kappa shape index (κ3) is 3.54. The molecule has 1 fully saturated rings. The van der Waals surface area contributed by atoms with Crippen molar-refractivity contribution in [3.8, 4) is 0 Å². The van der Waals surface area contributed by atoms with Crippen LogP contribution in [0.2, 0.25) is 0 Å². The zero-order chi connectivity index (χ0) is 14.0. The number of ether oxygens (including phenoxy) is 2. The van der Waals surface area contributed by atoms with Gasteiger partial charge in [0.25, 0.3) is 0 Å². The molecule has 0 saturated carbocycles. The van der Waals surface area contributed by atoms with Crippen LogP contribution >= 0.6 is 0 Å². The molecule has 3 unspecified atom stereocenters. The molecule has 0 aromatic heterocycles. The van der Waals surface area contributed by atoms with Crippen LogP contribution < -0.4 is 5.14 Å². The van der Waals surface area contributed by atoms with Crippen LogP contribution in [0.1, 0.15) is 38.5 Å². The normalized spacial score (nSPS) is 28.3. The molecule has 1 heterocycles. The van der Waals surface area contributed by atoms with E-state index in [0.29, 0.717) is 0 Å². The average molecular weight is 285 g/mol. The first kappa shape index (κ1) is 14.5. The molecule has 0 radical (unpaired) electrons. The van der Waals surface area contributed by atoms with Gasteiger partial charge in [-0.3, -0.25) is 0 Å². The van der Waals surface area contributed by atoms with Crippen LogP contribution in [0.4, 0.5) is 0 Å². The number of rotatable bonds is 3. The minimum absolute atomic E-state index is 0.0900. The molecule has 0 amide bonds. The fourth-order valence-corrected chi connectivity index (χ4v) is 2.65. The van der Waals surface area contributed by atoms with Crippen LogP contribution in [0.3, 0.4) is 0 Å². The summed E-state index contributed by atoms with van der Waals surface area (Å²) in [4.78, 5) is 0.0900. The topological polar surface area (TPSA) is 78.6 Å². The second kappa shape index (κ2) is 5.58. The standard InChI is InChI=1S/C13H19NO4S/c1-3-11-8-9(2)17-13(18-11)10-4-6-12(7-5-10)19(14,15)16/h4-7,9,11,13H,3,8H2,1-2H3,(H2,14,15,16). The molecule has 106 valence electrons. The van der Waals surface area contributed by atoms with Crippen LogP contribution in [0.5, 0.6) is 0 Å². The van der Waals surface area contributed by atoms with Crippen molar-refractivity contribution in [2.24, 2.45) is 5.14 Å². The number of primary sulfonamides is 1. The van der Waals surface area contributed by atoms with Crippen molar-refractivity contribution in [1.82, 2.24) is 0 Å². The summed E-state index contributed by atoms with van der Waals surface area (Å²) in [5.74, 6) is 0. The molecule has 2 rings (SSSR count). The maximum atomic E-state index is 11.2. The maximum Gasteiger partial charge on any atom is 0.238 e. The Morgan fingerprint density at radius 2 is 1.89 bits per heavy atom. The van der Waals surface area contributed by atoms with Crippen molar-refractivity contribution in [3.05, 3.63) is 29.8 Å². The first-order valence-electron chi connectivity index (χ1n) is 6.34. The van der Waals surface area contributed by atoms with Gasteiger partial charge >= 0.3 is 0 Å². The van der Waals surface area contributed by atoms with E-state index in [1.807, 2.05) is 6.92 Å². The van der Waals surface area contributed by atoms with E-state index in [1.165, 1.54) is 12.1 Å². The monoisotopic (exact) mass is 285 g/mol. The van der Waals surface area contributed by atoms with E-state index in [2.05, 4.69) is 6.92 Å². The molecule has 1 aromatic carbocycles. The molecular weight excluding hydrogens is 266 g/mol. The van der Waals surface area contributed by atoms with E-state index >= 15 is 0 Å². The van der Waals surface area contributed by atoms with Crippen LogP contribution in [-0.4, -0.2) is 20.6 Å². The fraction of sp³-hybridized carbons (Fsp3) is 0.538. The molecule has 1 aliphatic rings. The molecule has 5 nitrogen and oxygen atoms in total. The summed E-state index contributed by atoms with van der Waals surface area (Å²) < 4.78 is 33.9. The summed E-state index contributed by atoms with van der Waals surface area (Å²) in [6.45, 7) is 4.08. The van der Waals surface area contributed by atoms with Crippen LogP contribution in [-0.2, 0) is 19.5 Å². The highest BCUT2D eigenvalue weighted by Crippen LogP contribution is 2.31. The molecule has 0 aliphatic carbocycles. The van der Waals surface area contributed by atoms with E-state index in [9.17, 15) is 8.42 Å². The smallest absolute Gasteiger partial charge is 0.238 e. The van der Waals surface area contributed by atoms with Gasteiger partial charge in [0.15, 0.2) is 6.29 Å². The highest BCUT2D eigenvalue weighted by Gasteiger charge is 2.27. The van der Waals surface area contributed by atoms with Gasteiger partial charge in [-0.15, -0.1) is 0 Å². The van der Waals surface area contributed by atoms with Crippen LogP contribution in [0, 0.1) is 0 Å². The molecular formula is C13H19NO4S. The molecule has 0 spiro atoms. The molecule has 1 aromatic rings. The summed E-state index contributed by atoms with van der Waals surface area (Å²) in [5.41, 5.74) is 0.803. The van der Waals surface area contributed by atoms with Gasteiger partial charge in [-0.05, 0) is 31.9 Å². The second-order valence-electron chi connectivity index (χ2n) is 4.79. The fourth-order valence-electron chi connectivity index (χ4n) is 2.13. The van der Waals surface area contributed by atoms with Crippen LogP contribution in [0.25, 0.3) is 0 Å². The molecule has 1 aliphatic heterocycles. The summed E-state index contributed by atoms with van der Waals surface area (Å²) in [6, 6.07) is 6.29. The second-order valence-corrected chi connectivity index (χ2v) is 6.36. The molecule has 19 heavy (non-hydrogen) atoms. The van der Waals surface area contributed by atoms with Gasteiger partial charge in [-0.25, -0.2) is 13.6 Å². The van der Waals surface area contributed by atoms with Gasteiger partial charge in [-0.1, -0.05) is 19.1 Å². The molecule has 6 heteroatoms. The Kier molecular flexibility index (Phi) is 4.25. The van der Waals surface area contributed by atoms with E-state index < -0.39 is 16.3 Å². The number of hydrogen-bond acceptors (Lipinski definition) is 4. The quantitative estimate of drug-likeness (QED) is 0.920. The van der Waals surface area contributed by atoms with Crippen molar-refractivity contribution in [2.75, 3.05) is 0 Å². The Hall–Kier alpha value is -0.950. The van der Waals surface area contributed by atoms with E-state index in [-0.39, 0.29) is 17.1 Å². The SMILES string of the molecule is CCC1CC(C)OC(c2ccc(S(N)(=O)=O)cc2)O1. The van der Waals surface area contributed by atoms with E-state index in [0.717, 1.165) is 18.4 Å². The van der Waals surface area contributed by atoms with Crippen molar-refractivity contribution in [1.29, 1.82) is 0 Å². The molecule has 1 saturated heterocycles. The summed E-state index contributed by atoms with van der Waals surface area (Å²) in [6.07, 6.45) is 1.67. The van der Waals surface area contributed by atoms with Gasteiger partial charge < -0.3 is 9.47 Å². The Balaban J connectivity index is 2.18. The molecule has 2 N–H and O–H groups in total. The van der Waals surface area contributed by atoms with E-state index in [1.54, 1.807) is 12.1 Å². The molecule has 0 bridgehead atoms. The lowest BCUT2D eigenvalue weighted by molar-refractivity contribution is -0.243. The summed E-state index contributed by atoms with van der Waals surface area (Å²) in [7, 11) is -3.66. The Morgan fingerprint density at radius 1 is 1.26 bits per heavy atom. The van der Waals surface area contributed by atoms with E-state index in [4.69, 9.17) is 14.6 Å². The highest BCUT2D eigenvalue weighted by atomic mass is 32.2. The minimum Gasteiger partial charge on any atom is -0.345 e. The Bertz CT molecular complexity index is 526. The van der Waals surface area contributed by atoms with Crippen molar-refractivity contribution in [2.45, 2.75) is 50.1 Å². The summed E-state index contributed by atoms with van der Waals surface area (Å²) in [5, 5.41) is 5.06. The predicted octanol–water partition coefficient (Wildman–Crippen LogP) is 1.94. The van der Waals surface area contributed by atoms with Crippen LogP contribution in [0.15, 0.2) is 29.2 Å². The lowest BCUT2D eigenvalue weighted by Gasteiger charge is -2.34. The number of sulfonamides is 1.